The molecular weight excluding hydrogens is 248 g/mol. The SMILES string of the molecule is CCCC(CO)c1ccc2c(c1)Cc1ccccc1O2. The van der Waals surface area contributed by atoms with Crippen molar-refractivity contribution in [3.8, 4) is 11.5 Å². The Balaban J connectivity index is 1.91. The van der Waals surface area contributed by atoms with Crippen molar-refractivity contribution in [1.82, 2.24) is 0 Å². The lowest BCUT2D eigenvalue weighted by atomic mass is 9.91. The fourth-order valence-electron chi connectivity index (χ4n) is 2.88. The quantitative estimate of drug-likeness (QED) is 0.766. The predicted molar refractivity (Wildman–Crippen MR) is 80.5 cm³/mol. The highest BCUT2D eigenvalue weighted by Crippen LogP contribution is 2.37. The third-order valence-electron chi connectivity index (χ3n) is 3.99. The third kappa shape index (κ3) is 2.44. The molecule has 1 N–H and O–H groups in total. The lowest BCUT2D eigenvalue weighted by Crippen LogP contribution is -2.07. The Morgan fingerprint density at radius 2 is 1.90 bits per heavy atom. The van der Waals surface area contributed by atoms with Gasteiger partial charge in [-0.3, -0.25) is 0 Å². The summed E-state index contributed by atoms with van der Waals surface area (Å²) in [5.41, 5.74) is 3.67. The van der Waals surface area contributed by atoms with Gasteiger partial charge in [-0.05, 0) is 35.2 Å². The van der Waals surface area contributed by atoms with Crippen molar-refractivity contribution in [2.75, 3.05) is 6.61 Å². The summed E-state index contributed by atoms with van der Waals surface area (Å²) in [7, 11) is 0. The van der Waals surface area contributed by atoms with Crippen molar-refractivity contribution in [3.63, 3.8) is 0 Å². The molecule has 0 radical (unpaired) electrons. The van der Waals surface area contributed by atoms with Crippen molar-refractivity contribution >= 4 is 0 Å². The molecule has 2 nitrogen and oxygen atoms in total. The van der Waals surface area contributed by atoms with Crippen LogP contribution in [0.1, 0.15) is 42.4 Å². The molecule has 104 valence electrons. The van der Waals surface area contributed by atoms with Gasteiger partial charge in [0.1, 0.15) is 11.5 Å². The van der Waals surface area contributed by atoms with Gasteiger partial charge >= 0.3 is 0 Å². The zero-order valence-corrected chi connectivity index (χ0v) is 11.8. The molecule has 0 aliphatic carbocycles. The zero-order valence-electron chi connectivity index (χ0n) is 11.8. The Labute approximate surface area is 120 Å². The van der Waals surface area contributed by atoms with Crippen LogP contribution >= 0.6 is 0 Å². The molecule has 2 heteroatoms. The molecule has 2 aromatic carbocycles. The van der Waals surface area contributed by atoms with E-state index in [1.807, 2.05) is 24.3 Å². The van der Waals surface area contributed by atoms with Crippen LogP contribution in [0.2, 0.25) is 0 Å². The molecule has 1 atom stereocenters. The van der Waals surface area contributed by atoms with Crippen LogP contribution in [-0.2, 0) is 6.42 Å². The molecule has 0 aromatic heterocycles. The maximum atomic E-state index is 9.54. The van der Waals surface area contributed by atoms with Gasteiger partial charge in [-0.1, -0.05) is 43.7 Å². The second-order valence-corrected chi connectivity index (χ2v) is 5.42. The van der Waals surface area contributed by atoms with Crippen molar-refractivity contribution in [3.05, 3.63) is 59.2 Å². The first-order valence-corrected chi connectivity index (χ1v) is 7.31. The largest absolute Gasteiger partial charge is 0.457 e. The Kier molecular flexibility index (Phi) is 3.75. The zero-order chi connectivity index (χ0) is 13.9. The molecule has 0 saturated heterocycles. The average Bonchev–Trinajstić information content (AvgIpc) is 2.50. The Hall–Kier alpha value is -1.80. The normalized spacial score (nSPS) is 14.1. The van der Waals surface area contributed by atoms with Gasteiger partial charge in [0.15, 0.2) is 0 Å². The van der Waals surface area contributed by atoms with Gasteiger partial charge in [0.25, 0.3) is 0 Å². The smallest absolute Gasteiger partial charge is 0.130 e. The van der Waals surface area contributed by atoms with Gasteiger partial charge in [-0.2, -0.15) is 0 Å². The highest BCUT2D eigenvalue weighted by Gasteiger charge is 2.18. The number of benzene rings is 2. The highest BCUT2D eigenvalue weighted by atomic mass is 16.5. The van der Waals surface area contributed by atoms with Gasteiger partial charge in [-0.25, -0.2) is 0 Å². The van der Waals surface area contributed by atoms with E-state index in [0.717, 1.165) is 30.8 Å². The first kappa shape index (κ1) is 13.2. The van der Waals surface area contributed by atoms with Crippen LogP contribution < -0.4 is 4.74 Å². The number of aliphatic hydroxyl groups is 1. The number of hydrogen-bond donors (Lipinski definition) is 1. The van der Waals surface area contributed by atoms with Crippen molar-refractivity contribution in [2.24, 2.45) is 0 Å². The number of fused-ring (bicyclic) bond motifs is 2. The molecular formula is C18H20O2. The number of rotatable bonds is 4. The highest BCUT2D eigenvalue weighted by molar-refractivity contribution is 5.51. The maximum Gasteiger partial charge on any atom is 0.130 e. The number of ether oxygens (including phenoxy) is 1. The standard InChI is InChI=1S/C18H20O2/c1-2-5-15(12-19)13-8-9-18-16(10-13)11-14-6-3-4-7-17(14)20-18/h3-4,6-10,15,19H,2,5,11-12H2,1H3. The first-order valence-electron chi connectivity index (χ1n) is 7.31. The van der Waals surface area contributed by atoms with Crippen LogP contribution in [0.25, 0.3) is 0 Å². The van der Waals surface area contributed by atoms with E-state index in [9.17, 15) is 5.11 Å². The van der Waals surface area contributed by atoms with Crippen LogP contribution in [0.5, 0.6) is 11.5 Å². The summed E-state index contributed by atoms with van der Waals surface area (Å²) >= 11 is 0. The molecule has 0 amide bonds. The van der Waals surface area contributed by atoms with E-state index in [0.29, 0.717) is 0 Å². The monoisotopic (exact) mass is 268 g/mol. The van der Waals surface area contributed by atoms with Crippen molar-refractivity contribution in [1.29, 1.82) is 0 Å². The summed E-state index contributed by atoms with van der Waals surface area (Å²) in [6, 6.07) is 14.5. The molecule has 0 spiro atoms. The summed E-state index contributed by atoms with van der Waals surface area (Å²) in [4.78, 5) is 0. The average molecular weight is 268 g/mol. The van der Waals surface area contributed by atoms with Crippen LogP contribution in [0.4, 0.5) is 0 Å². The van der Waals surface area contributed by atoms with Crippen molar-refractivity contribution < 1.29 is 9.84 Å². The fraction of sp³-hybridized carbons (Fsp3) is 0.333. The second kappa shape index (κ2) is 5.68. The van der Waals surface area contributed by atoms with Crippen LogP contribution in [0.15, 0.2) is 42.5 Å². The van der Waals surface area contributed by atoms with Gasteiger partial charge in [-0.15, -0.1) is 0 Å². The number of para-hydroxylation sites is 1. The minimum atomic E-state index is 0.212. The summed E-state index contributed by atoms with van der Waals surface area (Å²) < 4.78 is 5.94. The van der Waals surface area contributed by atoms with E-state index in [-0.39, 0.29) is 12.5 Å². The molecule has 0 saturated carbocycles. The summed E-state index contributed by atoms with van der Waals surface area (Å²) in [6.45, 7) is 2.37. The Bertz CT molecular complexity index is 604. The van der Waals surface area contributed by atoms with Gasteiger partial charge in [0.05, 0.1) is 0 Å². The first-order chi connectivity index (χ1) is 9.81. The van der Waals surface area contributed by atoms with E-state index >= 15 is 0 Å². The molecule has 0 bridgehead atoms. The lowest BCUT2D eigenvalue weighted by Gasteiger charge is -2.22. The van der Waals surface area contributed by atoms with Crippen LogP contribution in [0, 0.1) is 0 Å². The van der Waals surface area contributed by atoms with E-state index in [1.165, 1.54) is 16.7 Å². The molecule has 3 rings (SSSR count). The van der Waals surface area contributed by atoms with Crippen LogP contribution in [0.3, 0.4) is 0 Å². The fourth-order valence-corrected chi connectivity index (χ4v) is 2.88. The minimum Gasteiger partial charge on any atom is -0.457 e. The minimum absolute atomic E-state index is 0.212. The third-order valence-corrected chi connectivity index (χ3v) is 3.99. The second-order valence-electron chi connectivity index (χ2n) is 5.42. The number of aliphatic hydroxyl groups excluding tert-OH is 1. The molecule has 2 aromatic rings. The molecule has 1 aliphatic rings. The van der Waals surface area contributed by atoms with E-state index in [1.54, 1.807) is 0 Å². The van der Waals surface area contributed by atoms with Crippen molar-refractivity contribution in [2.45, 2.75) is 32.1 Å². The van der Waals surface area contributed by atoms with Gasteiger partial charge in [0.2, 0.25) is 0 Å². The maximum absolute atomic E-state index is 9.54. The predicted octanol–water partition coefficient (Wildman–Crippen LogP) is 4.26. The Morgan fingerprint density at radius 1 is 1.10 bits per heavy atom. The van der Waals surface area contributed by atoms with E-state index in [4.69, 9.17) is 4.74 Å². The Morgan fingerprint density at radius 3 is 2.70 bits per heavy atom. The molecule has 20 heavy (non-hydrogen) atoms. The van der Waals surface area contributed by atoms with Crippen LogP contribution in [-0.4, -0.2) is 11.7 Å². The molecule has 0 fully saturated rings. The number of hydrogen-bond acceptors (Lipinski definition) is 2. The summed E-state index contributed by atoms with van der Waals surface area (Å²) in [6.07, 6.45) is 3.01. The van der Waals surface area contributed by atoms with E-state index < -0.39 is 0 Å². The topological polar surface area (TPSA) is 29.5 Å². The summed E-state index contributed by atoms with van der Waals surface area (Å²) in [5, 5.41) is 9.54. The van der Waals surface area contributed by atoms with E-state index in [2.05, 4.69) is 25.1 Å². The summed E-state index contributed by atoms with van der Waals surface area (Å²) in [5.74, 6) is 2.14. The lowest BCUT2D eigenvalue weighted by molar-refractivity contribution is 0.258. The van der Waals surface area contributed by atoms with Gasteiger partial charge < -0.3 is 9.84 Å². The van der Waals surface area contributed by atoms with Gasteiger partial charge in [0, 0.05) is 18.9 Å². The molecule has 1 unspecified atom stereocenters. The molecule has 1 heterocycles. The molecule has 1 aliphatic heterocycles.